The van der Waals surface area contributed by atoms with Crippen molar-refractivity contribution in [1.82, 2.24) is 24.5 Å². The Morgan fingerprint density at radius 2 is 2.05 bits per heavy atom. The summed E-state index contributed by atoms with van der Waals surface area (Å²) in [5, 5.41) is 16.0. The average molecular weight is 289 g/mol. The third-order valence-electron chi connectivity index (χ3n) is 4.10. The van der Waals surface area contributed by atoms with Crippen LogP contribution in [-0.4, -0.2) is 48.8 Å². The number of aliphatic hydroxyl groups is 1. The number of hydrogen-bond acceptors (Lipinski definition) is 7. The summed E-state index contributed by atoms with van der Waals surface area (Å²) >= 11 is 0. The van der Waals surface area contributed by atoms with Crippen LogP contribution in [0.5, 0.6) is 0 Å². The highest BCUT2D eigenvalue weighted by atomic mass is 16.3. The second-order valence-electron chi connectivity index (χ2n) is 5.77. The predicted molar refractivity (Wildman–Crippen MR) is 78.3 cm³/mol. The first-order valence-electron chi connectivity index (χ1n) is 6.87. The van der Waals surface area contributed by atoms with Gasteiger partial charge in [0.2, 0.25) is 17.8 Å². The van der Waals surface area contributed by atoms with Crippen LogP contribution >= 0.6 is 0 Å². The Labute approximate surface area is 122 Å². The van der Waals surface area contributed by atoms with E-state index in [1.807, 2.05) is 13.8 Å². The minimum absolute atomic E-state index is 0.134. The highest BCUT2D eigenvalue weighted by Gasteiger charge is 2.47. The van der Waals surface area contributed by atoms with Crippen LogP contribution in [0.15, 0.2) is 18.7 Å². The molecule has 1 saturated carbocycles. The van der Waals surface area contributed by atoms with E-state index in [2.05, 4.69) is 30.6 Å². The van der Waals surface area contributed by atoms with E-state index in [1.165, 1.54) is 0 Å². The lowest BCUT2D eigenvalue weighted by molar-refractivity contribution is -0.0512. The minimum atomic E-state index is -0.297. The van der Waals surface area contributed by atoms with Gasteiger partial charge in [-0.3, -0.25) is 4.57 Å². The van der Waals surface area contributed by atoms with E-state index in [0.29, 0.717) is 24.3 Å². The first-order valence-corrected chi connectivity index (χ1v) is 6.87. The Morgan fingerprint density at radius 1 is 1.29 bits per heavy atom. The van der Waals surface area contributed by atoms with E-state index in [0.717, 1.165) is 0 Å². The standard InChI is InChI=1S/C13H19N7O/c1-13(2)8(6-9(13)21)16-11-17-10(14-3)18-12(19-11)20-5-4-15-7-20/h4-5,7-9,21H,6H2,1-3H3,(H2,14,16,17,18,19). The fourth-order valence-corrected chi connectivity index (χ4v) is 2.34. The number of hydrogen-bond donors (Lipinski definition) is 3. The van der Waals surface area contributed by atoms with Gasteiger partial charge >= 0.3 is 0 Å². The Morgan fingerprint density at radius 3 is 2.62 bits per heavy atom. The zero-order chi connectivity index (χ0) is 15.0. The van der Waals surface area contributed by atoms with Crippen molar-refractivity contribution in [2.75, 3.05) is 17.7 Å². The molecule has 2 aromatic rings. The van der Waals surface area contributed by atoms with Gasteiger partial charge in [-0.1, -0.05) is 13.8 Å². The topological polar surface area (TPSA) is 101 Å². The Balaban J connectivity index is 1.87. The Kier molecular flexibility index (Phi) is 3.25. The van der Waals surface area contributed by atoms with Crippen molar-refractivity contribution < 1.29 is 5.11 Å². The lowest BCUT2D eigenvalue weighted by Crippen LogP contribution is -2.57. The maximum Gasteiger partial charge on any atom is 0.241 e. The number of aromatic nitrogens is 5. The van der Waals surface area contributed by atoms with Gasteiger partial charge in [0.15, 0.2) is 0 Å². The lowest BCUT2D eigenvalue weighted by Gasteiger charge is -2.49. The first-order chi connectivity index (χ1) is 10.0. The molecule has 3 rings (SSSR count). The molecule has 2 aromatic heterocycles. The molecule has 1 aliphatic rings. The molecule has 0 aromatic carbocycles. The van der Waals surface area contributed by atoms with Crippen molar-refractivity contribution in [3.63, 3.8) is 0 Å². The van der Waals surface area contributed by atoms with Crippen LogP contribution in [0.4, 0.5) is 11.9 Å². The van der Waals surface area contributed by atoms with Crippen LogP contribution in [0.1, 0.15) is 20.3 Å². The fourth-order valence-electron chi connectivity index (χ4n) is 2.34. The number of nitrogens with one attached hydrogen (secondary N) is 2. The summed E-state index contributed by atoms with van der Waals surface area (Å²) < 4.78 is 1.72. The maximum absolute atomic E-state index is 9.81. The van der Waals surface area contributed by atoms with Crippen molar-refractivity contribution >= 4 is 11.9 Å². The molecule has 2 atom stereocenters. The molecule has 0 amide bonds. The molecular weight excluding hydrogens is 270 g/mol. The molecule has 8 nitrogen and oxygen atoms in total. The molecule has 0 aliphatic heterocycles. The van der Waals surface area contributed by atoms with E-state index in [-0.39, 0.29) is 17.6 Å². The molecule has 8 heteroatoms. The highest BCUT2D eigenvalue weighted by molar-refractivity contribution is 5.39. The monoisotopic (exact) mass is 289 g/mol. The molecule has 21 heavy (non-hydrogen) atoms. The molecule has 0 bridgehead atoms. The third-order valence-corrected chi connectivity index (χ3v) is 4.10. The normalized spacial score (nSPS) is 23.4. The first kappa shape index (κ1) is 13.7. The van der Waals surface area contributed by atoms with Gasteiger partial charge in [-0.2, -0.15) is 15.0 Å². The predicted octanol–water partition coefficient (Wildman–Crippen LogP) is 0.670. The summed E-state index contributed by atoms with van der Waals surface area (Å²) in [5.74, 6) is 1.46. The van der Waals surface area contributed by atoms with Crippen LogP contribution in [-0.2, 0) is 0 Å². The number of nitrogens with zero attached hydrogens (tertiary/aromatic N) is 5. The van der Waals surface area contributed by atoms with Crippen LogP contribution < -0.4 is 10.6 Å². The molecule has 3 N–H and O–H groups in total. The van der Waals surface area contributed by atoms with Gasteiger partial charge < -0.3 is 15.7 Å². The van der Waals surface area contributed by atoms with Crippen molar-refractivity contribution in [3.05, 3.63) is 18.7 Å². The average Bonchev–Trinajstić information content (AvgIpc) is 3.01. The molecule has 2 unspecified atom stereocenters. The molecule has 112 valence electrons. The van der Waals surface area contributed by atoms with Crippen molar-refractivity contribution in [3.8, 4) is 5.95 Å². The second-order valence-corrected chi connectivity index (χ2v) is 5.77. The van der Waals surface area contributed by atoms with Gasteiger partial charge in [0, 0.05) is 30.9 Å². The summed E-state index contributed by atoms with van der Waals surface area (Å²) in [6.07, 6.45) is 5.47. The van der Waals surface area contributed by atoms with E-state index in [1.54, 1.807) is 30.3 Å². The van der Waals surface area contributed by atoms with Crippen molar-refractivity contribution in [1.29, 1.82) is 0 Å². The Hall–Kier alpha value is -2.22. The number of anilines is 2. The number of imidazole rings is 1. The number of rotatable bonds is 4. The molecular formula is C13H19N7O. The van der Waals surface area contributed by atoms with E-state index in [9.17, 15) is 5.11 Å². The molecule has 1 aliphatic carbocycles. The van der Waals surface area contributed by atoms with Gasteiger partial charge in [-0.25, -0.2) is 4.98 Å². The van der Waals surface area contributed by atoms with Gasteiger partial charge in [0.05, 0.1) is 6.10 Å². The van der Waals surface area contributed by atoms with Gasteiger partial charge in [-0.05, 0) is 6.42 Å². The summed E-state index contributed by atoms with van der Waals surface area (Å²) in [6, 6.07) is 0.134. The van der Waals surface area contributed by atoms with Crippen LogP contribution in [0.25, 0.3) is 5.95 Å². The summed E-state index contributed by atoms with van der Waals surface area (Å²) in [6.45, 7) is 4.05. The zero-order valence-corrected chi connectivity index (χ0v) is 12.3. The maximum atomic E-state index is 9.81. The molecule has 0 radical (unpaired) electrons. The van der Waals surface area contributed by atoms with Crippen molar-refractivity contribution in [2.45, 2.75) is 32.4 Å². The van der Waals surface area contributed by atoms with Crippen LogP contribution in [0.3, 0.4) is 0 Å². The van der Waals surface area contributed by atoms with Crippen LogP contribution in [0.2, 0.25) is 0 Å². The van der Waals surface area contributed by atoms with E-state index >= 15 is 0 Å². The van der Waals surface area contributed by atoms with E-state index < -0.39 is 0 Å². The molecule has 2 heterocycles. The smallest absolute Gasteiger partial charge is 0.241 e. The summed E-state index contributed by atoms with van der Waals surface area (Å²) in [5.41, 5.74) is -0.193. The summed E-state index contributed by atoms with van der Waals surface area (Å²) in [7, 11) is 1.76. The summed E-state index contributed by atoms with van der Waals surface area (Å²) in [4.78, 5) is 17.0. The van der Waals surface area contributed by atoms with Gasteiger partial charge in [0.1, 0.15) is 6.33 Å². The fraction of sp³-hybridized carbons (Fsp3) is 0.538. The molecule has 0 saturated heterocycles. The molecule has 0 spiro atoms. The molecule has 1 fully saturated rings. The number of aliphatic hydroxyl groups excluding tert-OH is 1. The third kappa shape index (κ3) is 2.42. The largest absolute Gasteiger partial charge is 0.392 e. The van der Waals surface area contributed by atoms with E-state index in [4.69, 9.17) is 0 Å². The minimum Gasteiger partial charge on any atom is -0.392 e. The van der Waals surface area contributed by atoms with Gasteiger partial charge in [0.25, 0.3) is 0 Å². The quantitative estimate of drug-likeness (QED) is 0.760. The Bertz CT molecular complexity index is 625. The zero-order valence-electron chi connectivity index (χ0n) is 12.3. The van der Waals surface area contributed by atoms with Crippen molar-refractivity contribution in [2.24, 2.45) is 5.41 Å². The SMILES string of the molecule is CNc1nc(NC2CC(O)C2(C)C)nc(-n2ccnc2)n1. The van der Waals surface area contributed by atoms with Gasteiger partial charge in [-0.15, -0.1) is 0 Å². The second kappa shape index (κ2) is 4.96. The highest BCUT2D eigenvalue weighted by Crippen LogP contribution is 2.41. The van der Waals surface area contributed by atoms with Crippen LogP contribution in [0, 0.1) is 5.41 Å². The lowest BCUT2D eigenvalue weighted by atomic mass is 9.65.